The highest BCUT2D eigenvalue weighted by Crippen LogP contribution is 2.46. The molecule has 2 atom stereocenters. The molecule has 0 amide bonds. The molecule has 0 aliphatic heterocycles. The van der Waals surface area contributed by atoms with Gasteiger partial charge >= 0.3 is 0 Å². The van der Waals surface area contributed by atoms with E-state index in [2.05, 4.69) is 5.16 Å². The van der Waals surface area contributed by atoms with Crippen LogP contribution in [0.2, 0.25) is 0 Å². The van der Waals surface area contributed by atoms with Crippen LogP contribution in [0.3, 0.4) is 0 Å². The molecule has 68 valence electrons. The fourth-order valence-corrected chi connectivity index (χ4v) is 2.67. The molecule has 13 heavy (non-hydrogen) atoms. The molecule has 2 aliphatic carbocycles. The number of hydrogen-bond acceptors (Lipinski definition) is 3. The predicted molar refractivity (Wildman–Crippen MR) is 47.1 cm³/mol. The van der Waals surface area contributed by atoms with Crippen molar-refractivity contribution in [3.8, 4) is 0 Å². The summed E-state index contributed by atoms with van der Waals surface area (Å²) in [5, 5.41) is 12.3. The van der Waals surface area contributed by atoms with Crippen LogP contribution in [0, 0.1) is 5.92 Å². The molecule has 1 aromatic heterocycles. The van der Waals surface area contributed by atoms with E-state index in [4.69, 9.17) is 9.62 Å². The fraction of sp³-hybridized carbons (Fsp3) is 0.500. The number of nitrogens with zero attached hydrogens (tertiary/aromatic N) is 1. The number of oxime groups is 1. The van der Waals surface area contributed by atoms with E-state index in [1.54, 1.807) is 6.26 Å². The minimum atomic E-state index is 0.458. The minimum absolute atomic E-state index is 0.458. The first-order valence-corrected chi connectivity index (χ1v) is 4.70. The van der Waals surface area contributed by atoms with Gasteiger partial charge < -0.3 is 9.62 Å². The minimum Gasteiger partial charge on any atom is -0.468 e. The van der Waals surface area contributed by atoms with Crippen LogP contribution in [-0.4, -0.2) is 10.9 Å². The second-order valence-corrected chi connectivity index (χ2v) is 3.89. The zero-order valence-electron chi connectivity index (χ0n) is 7.23. The highest BCUT2D eigenvalue weighted by molar-refractivity contribution is 6.04. The first-order chi connectivity index (χ1) is 6.40. The Morgan fingerprint density at radius 2 is 2.23 bits per heavy atom. The summed E-state index contributed by atoms with van der Waals surface area (Å²) in [6.45, 7) is 0. The molecule has 1 heterocycles. The Hall–Kier alpha value is -1.25. The van der Waals surface area contributed by atoms with Crippen LogP contribution in [0.25, 0.3) is 0 Å². The quantitative estimate of drug-likeness (QED) is 0.488. The van der Waals surface area contributed by atoms with E-state index >= 15 is 0 Å². The van der Waals surface area contributed by atoms with Gasteiger partial charge in [0.05, 0.1) is 12.0 Å². The summed E-state index contributed by atoms with van der Waals surface area (Å²) < 4.78 is 5.43. The average Bonchev–Trinajstić information content (AvgIpc) is 2.74. The van der Waals surface area contributed by atoms with Crippen molar-refractivity contribution in [1.82, 2.24) is 0 Å². The van der Waals surface area contributed by atoms with Crippen molar-refractivity contribution in [3.63, 3.8) is 0 Å². The maximum Gasteiger partial charge on any atom is 0.116 e. The Bertz CT molecular complexity index is 367. The molecule has 0 saturated heterocycles. The molecule has 3 rings (SSSR count). The Morgan fingerprint density at radius 1 is 1.38 bits per heavy atom. The monoisotopic (exact) mass is 177 g/mol. The van der Waals surface area contributed by atoms with E-state index in [9.17, 15) is 0 Å². The van der Waals surface area contributed by atoms with Crippen molar-refractivity contribution in [2.24, 2.45) is 11.1 Å². The molecule has 1 aromatic rings. The molecule has 1 saturated carbocycles. The normalized spacial score (nSPS) is 33.7. The van der Waals surface area contributed by atoms with Gasteiger partial charge in [0, 0.05) is 17.4 Å². The zero-order chi connectivity index (χ0) is 8.84. The first-order valence-electron chi connectivity index (χ1n) is 4.70. The second kappa shape index (κ2) is 2.37. The third-order valence-corrected chi connectivity index (χ3v) is 3.27. The largest absolute Gasteiger partial charge is 0.468 e. The van der Waals surface area contributed by atoms with E-state index in [0.717, 1.165) is 29.9 Å². The van der Waals surface area contributed by atoms with Crippen molar-refractivity contribution < 1.29 is 9.62 Å². The molecule has 0 radical (unpaired) electrons. The van der Waals surface area contributed by atoms with Crippen LogP contribution in [0.4, 0.5) is 0 Å². The van der Waals surface area contributed by atoms with Crippen LogP contribution in [0.5, 0.6) is 0 Å². The molecule has 2 aliphatic rings. The van der Waals surface area contributed by atoms with E-state index in [0.29, 0.717) is 11.8 Å². The first kappa shape index (κ1) is 7.18. The van der Waals surface area contributed by atoms with E-state index in [1.807, 2.05) is 6.07 Å². The SMILES string of the molecule is O/N=C1\c2ccoc2C2CCC1C2. The number of hydrogen-bond donors (Lipinski definition) is 1. The Labute approximate surface area is 76.0 Å². The molecular formula is C10H11NO2. The molecule has 0 spiro atoms. The molecule has 1 N–H and O–H groups in total. The van der Waals surface area contributed by atoms with E-state index in [-0.39, 0.29) is 0 Å². The van der Waals surface area contributed by atoms with Gasteiger partial charge in [0.2, 0.25) is 0 Å². The number of rotatable bonds is 0. The van der Waals surface area contributed by atoms with Gasteiger partial charge in [-0.3, -0.25) is 0 Å². The Balaban J connectivity index is 2.20. The van der Waals surface area contributed by atoms with Crippen molar-refractivity contribution in [3.05, 3.63) is 23.7 Å². The van der Waals surface area contributed by atoms with Gasteiger partial charge in [-0.05, 0) is 25.3 Å². The van der Waals surface area contributed by atoms with Crippen LogP contribution >= 0.6 is 0 Å². The third kappa shape index (κ3) is 0.816. The summed E-state index contributed by atoms with van der Waals surface area (Å²) >= 11 is 0. The van der Waals surface area contributed by atoms with Crippen molar-refractivity contribution >= 4 is 5.71 Å². The lowest BCUT2D eigenvalue weighted by Crippen LogP contribution is -2.18. The predicted octanol–water partition coefficient (Wildman–Crippen LogP) is 2.36. The lowest BCUT2D eigenvalue weighted by molar-refractivity contribution is 0.314. The van der Waals surface area contributed by atoms with Crippen LogP contribution < -0.4 is 0 Å². The number of fused-ring (bicyclic) bond motifs is 4. The van der Waals surface area contributed by atoms with Crippen molar-refractivity contribution in [2.75, 3.05) is 0 Å². The Kier molecular flexibility index (Phi) is 1.31. The standard InChI is InChI=1S/C10H11NO2/c12-11-9-6-1-2-7(5-6)10-8(9)3-4-13-10/h3-4,6-7,12H,1-2,5H2/b11-9-. The van der Waals surface area contributed by atoms with Crippen LogP contribution in [0.15, 0.2) is 21.9 Å². The summed E-state index contributed by atoms with van der Waals surface area (Å²) in [6.07, 6.45) is 5.09. The molecule has 3 nitrogen and oxygen atoms in total. The summed E-state index contributed by atoms with van der Waals surface area (Å²) in [5.41, 5.74) is 1.86. The Morgan fingerprint density at radius 3 is 3.08 bits per heavy atom. The van der Waals surface area contributed by atoms with E-state index in [1.165, 1.54) is 6.42 Å². The topological polar surface area (TPSA) is 45.7 Å². The van der Waals surface area contributed by atoms with Gasteiger partial charge in [-0.2, -0.15) is 0 Å². The highest BCUT2D eigenvalue weighted by Gasteiger charge is 2.39. The van der Waals surface area contributed by atoms with Crippen LogP contribution in [0.1, 0.15) is 36.5 Å². The van der Waals surface area contributed by atoms with Gasteiger partial charge in [-0.1, -0.05) is 5.16 Å². The van der Waals surface area contributed by atoms with Gasteiger partial charge in [0.15, 0.2) is 0 Å². The highest BCUT2D eigenvalue weighted by atomic mass is 16.4. The van der Waals surface area contributed by atoms with Gasteiger partial charge in [-0.15, -0.1) is 0 Å². The van der Waals surface area contributed by atoms with Crippen molar-refractivity contribution in [1.29, 1.82) is 0 Å². The maximum absolute atomic E-state index is 8.92. The molecule has 2 unspecified atom stereocenters. The molecular weight excluding hydrogens is 166 g/mol. The molecule has 3 heteroatoms. The zero-order valence-corrected chi connectivity index (χ0v) is 7.23. The fourth-order valence-electron chi connectivity index (χ4n) is 2.67. The smallest absolute Gasteiger partial charge is 0.116 e. The molecule has 2 bridgehead atoms. The maximum atomic E-state index is 8.92. The summed E-state index contributed by atoms with van der Waals surface area (Å²) in [7, 11) is 0. The van der Waals surface area contributed by atoms with Gasteiger partial charge in [0.1, 0.15) is 5.76 Å². The lowest BCUT2D eigenvalue weighted by atomic mass is 9.86. The third-order valence-electron chi connectivity index (χ3n) is 3.27. The summed E-state index contributed by atoms with van der Waals surface area (Å²) in [4.78, 5) is 0. The number of furan rings is 1. The van der Waals surface area contributed by atoms with Crippen molar-refractivity contribution in [2.45, 2.75) is 25.2 Å². The van der Waals surface area contributed by atoms with Crippen LogP contribution in [-0.2, 0) is 0 Å². The molecule has 0 aromatic carbocycles. The summed E-state index contributed by atoms with van der Waals surface area (Å²) in [6, 6.07) is 1.91. The average molecular weight is 177 g/mol. The lowest BCUT2D eigenvalue weighted by Gasteiger charge is -2.18. The van der Waals surface area contributed by atoms with Gasteiger partial charge in [-0.25, -0.2) is 0 Å². The summed E-state index contributed by atoms with van der Waals surface area (Å²) in [5.74, 6) is 2.06. The molecule has 1 fully saturated rings. The van der Waals surface area contributed by atoms with E-state index < -0.39 is 0 Å². The van der Waals surface area contributed by atoms with Gasteiger partial charge in [0.25, 0.3) is 0 Å². The second-order valence-electron chi connectivity index (χ2n) is 3.89.